The van der Waals surface area contributed by atoms with Crippen molar-refractivity contribution in [2.24, 2.45) is 0 Å². The Labute approximate surface area is 237 Å². The van der Waals surface area contributed by atoms with Gasteiger partial charge in [-0.3, -0.25) is 0 Å². The van der Waals surface area contributed by atoms with E-state index in [1.807, 2.05) is 0 Å². The van der Waals surface area contributed by atoms with E-state index in [1.54, 1.807) is 0 Å². The van der Waals surface area contributed by atoms with Crippen LogP contribution in [0.3, 0.4) is 0 Å². The molecule has 0 unspecified atom stereocenters. The van der Waals surface area contributed by atoms with Crippen LogP contribution >= 0.6 is 0 Å². The normalized spacial score (nSPS) is 10.8. The third-order valence-electron chi connectivity index (χ3n) is 6.89. The van der Waals surface area contributed by atoms with Crippen LogP contribution in [0, 0.1) is 0 Å². The van der Waals surface area contributed by atoms with Crippen molar-refractivity contribution in [1.82, 2.24) is 0 Å². The standard InChI is InChI=1S/C33H54O6/c1-4-7-10-13-16-19-24-37-31(34)28-22-23-29(32(35)38-25-20-17-14-11-8-5-2)30(27-28)33(36)39-26-21-18-15-12-9-6-3/h22-23,27H,4-21,24-26H2,1-3H3. The smallest absolute Gasteiger partial charge is 0.339 e. The van der Waals surface area contributed by atoms with E-state index in [2.05, 4.69) is 20.8 Å². The van der Waals surface area contributed by atoms with E-state index in [1.165, 1.54) is 76.0 Å². The SMILES string of the molecule is CCCCCCCCOC(=O)c1ccc(C(=O)OCCCCCCCC)c(C(=O)OCCCCCCCC)c1. The summed E-state index contributed by atoms with van der Waals surface area (Å²) in [6, 6.07) is 4.41. The highest BCUT2D eigenvalue weighted by atomic mass is 16.5. The van der Waals surface area contributed by atoms with Gasteiger partial charge in [0.1, 0.15) is 0 Å². The van der Waals surface area contributed by atoms with Gasteiger partial charge in [0.05, 0.1) is 36.5 Å². The van der Waals surface area contributed by atoms with E-state index in [9.17, 15) is 14.4 Å². The predicted molar refractivity (Wildman–Crippen MR) is 157 cm³/mol. The van der Waals surface area contributed by atoms with Crippen molar-refractivity contribution >= 4 is 17.9 Å². The molecule has 0 radical (unpaired) electrons. The maximum Gasteiger partial charge on any atom is 0.339 e. The van der Waals surface area contributed by atoms with Gasteiger partial charge in [0.25, 0.3) is 0 Å². The van der Waals surface area contributed by atoms with Crippen LogP contribution in [0.1, 0.15) is 167 Å². The number of rotatable bonds is 24. The maximum atomic E-state index is 13.0. The molecule has 0 bridgehead atoms. The van der Waals surface area contributed by atoms with E-state index >= 15 is 0 Å². The van der Waals surface area contributed by atoms with Gasteiger partial charge in [-0.25, -0.2) is 14.4 Å². The van der Waals surface area contributed by atoms with Crippen LogP contribution in [-0.2, 0) is 14.2 Å². The Hall–Kier alpha value is -2.37. The van der Waals surface area contributed by atoms with Gasteiger partial charge in [-0.2, -0.15) is 0 Å². The highest BCUT2D eigenvalue weighted by molar-refractivity contribution is 6.05. The molecule has 0 aromatic heterocycles. The Balaban J connectivity index is 2.72. The van der Waals surface area contributed by atoms with Gasteiger partial charge in [0.2, 0.25) is 0 Å². The summed E-state index contributed by atoms with van der Waals surface area (Å²) in [7, 11) is 0. The minimum Gasteiger partial charge on any atom is -0.462 e. The molecule has 0 aliphatic rings. The van der Waals surface area contributed by atoms with E-state index < -0.39 is 17.9 Å². The lowest BCUT2D eigenvalue weighted by Crippen LogP contribution is -2.17. The molecular weight excluding hydrogens is 492 g/mol. The van der Waals surface area contributed by atoms with Crippen molar-refractivity contribution in [3.8, 4) is 0 Å². The molecule has 0 aliphatic carbocycles. The zero-order valence-electron chi connectivity index (χ0n) is 25.0. The highest BCUT2D eigenvalue weighted by Gasteiger charge is 2.22. The zero-order chi connectivity index (χ0) is 28.6. The molecule has 0 fully saturated rings. The Bertz CT molecular complexity index is 803. The summed E-state index contributed by atoms with van der Waals surface area (Å²) in [5.74, 6) is -1.68. The van der Waals surface area contributed by atoms with Crippen LogP contribution in [0.15, 0.2) is 18.2 Å². The number of hydrogen-bond acceptors (Lipinski definition) is 6. The first-order valence-electron chi connectivity index (χ1n) is 15.7. The summed E-state index contributed by atoms with van der Waals surface area (Å²) in [5.41, 5.74) is 0.421. The number of benzene rings is 1. The molecule has 0 heterocycles. The lowest BCUT2D eigenvalue weighted by atomic mass is 10.0. The van der Waals surface area contributed by atoms with E-state index in [0.29, 0.717) is 13.2 Å². The fourth-order valence-corrected chi connectivity index (χ4v) is 4.40. The van der Waals surface area contributed by atoms with Crippen molar-refractivity contribution in [3.63, 3.8) is 0 Å². The van der Waals surface area contributed by atoms with E-state index in [-0.39, 0.29) is 23.3 Å². The molecule has 39 heavy (non-hydrogen) atoms. The lowest BCUT2D eigenvalue weighted by Gasteiger charge is -2.12. The van der Waals surface area contributed by atoms with Crippen LogP contribution < -0.4 is 0 Å². The third kappa shape index (κ3) is 16.4. The quantitative estimate of drug-likeness (QED) is 0.0730. The van der Waals surface area contributed by atoms with Gasteiger partial charge in [0.15, 0.2) is 0 Å². The average Bonchev–Trinajstić information content (AvgIpc) is 2.95. The summed E-state index contributed by atoms with van der Waals surface area (Å²) in [4.78, 5) is 38.4. The number of unbranched alkanes of at least 4 members (excludes halogenated alkanes) is 15. The minimum absolute atomic E-state index is 0.0583. The molecule has 0 saturated carbocycles. The van der Waals surface area contributed by atoms with Crippen molar-refractivity contribution in [2.75, 3.05) is 19.8 Å². The summed E-state index contributed by atoms with van der Waals surface area (Å²) >= 11 is 0. The molecular formula is C33H54O6. The Kier molecular flexibility index (Phi) is 20.9. The topological polar surface area (TPSA) is 78.9 Å². The molecule has 1 aromatic rings. The number of carbonyl (C=O) groups excluding carboxylic acids is 3. The van der Waals surface area contributed by atoms with Gasteiger partial charge in [-0.15, -0.1) is 0 Å². The van der Waals surface area contributed by atoms with Gasteiger partial charge >= 0.3 is 17.9 Å². The van der Waals surface area contributed by atoms with Gasteiger partial charge < -0.3 is 14.2 Å². The van der Waals surface area contributed by atoms with Crippen molar-refractivity contribution < 1.29 is 28.6 Å². The van der Waals surface area contributed by atoms with E-state index in [4.69, 9.17) is 14.2 Å². The van der Waals surface area contributed by atoms with Gasteiger partial charge in [0, 0.05) is 0 Å². The summed E-state index contributed by atoms with van der Waals surface area (Å²) < 4.78 is 16.4. The van der Waals surface area contributed by atoms with Crippen molar-refractivity contribution in [2.45, 2.75) is 136 Å². The first kappa shape index (κ1) is 34.7. The zero-order valence-corrected chi connectivity index (χ0v) is 25.0. The summed E-state index contributed by atoms with van der Waals surface area (Å²) in [6.07, 6.45) is 19.6. The lowest BCUT2D eigenvalue weighted by molar-refractivity contribution is 0.0448. The van der Waals surface area contributed by atoms with E-state index in [0.717, 1.165) is 57.8 Å². The molecule has 6 heteroatoms. The Morgan fingerprint density at radius 3 is 1.26 bits per heavy atom. The average molecular weight is 547 g/mol. The minimum atomic E-state index is -0.611. The van der Waals surface area contributed by atoms with Gasteiger partial charge in [-0.1, -0.05) is 117 Å². The molecule has 0 saturated heterocycles. The predicted octanol–water partition coefficient (Wildman–Crippen LogP) is 9.24. The highest BCUT2D eigenvalue weighted by Crippen LogP contribution is 2.18. The third-order valence-corrected chi connectivity index (χ3v) is 6.89. The van der Waals surface area contributed by atoms with Crippen LogP contribution in [0.4, 0.5) is 0 Å². The van der Waals surface area contributed by atoms with Crippen LogP contribution in [0.5, 0.6) is 0 Å². The Morgan fingerprint density at radius 1 is 0.462 bits per heavy atom. The Morgan fingerprint density at radius 2 is 0.821 bits per heavy atom. The largest absolute Gasteiger partial charge is 0.462 e. The van der Waals surface area contributed by atoms with Gasteiger partial charge in [-0.05, 0) is 37.5 Å². The molecule has 0 N–H and O–H groups in total. The molecule has 0 amide bonds. The number of ether oxygens (including phenoxy) is 3. The molecule has 0 aliphatic heterocycles. The van der Waals surface area contributed by atoms with Crippen molar-refractivity contribution in [3.05, 3.63) is 34.9 Å². The fraction of sp³-hybridized carbons (Fsp3) is 0.727. The first-order chi connectivity index (χ1) is 19.0. The van der Waals surface area contributed by atoms with Crippen LogP contribution in [0.25, 0.3) is 0 Å². The second kappa shape index (κ2) is 23.5. The molecule has 0 atom stereocenters. The van der Waals surface area contributed by atoms with Crippen molar-refractivity contribution in [1.29, 1.82) is 0 Å². The van der Waals surface area contributed by atoms with Crippen LogP contribution in [-0.4, -0.2) is 37.7 Å². The summed E-state index contributed by atoms with van der Waals surface area (Å²) in [5, 5.41) is 0. The molecule has 1 rings (SSSR count). The second-order valence-corrected chi connectivity index (χ2v) is 10.5. The summed E-state index contributed by atoms with van der Waals surface area (Å²) in [6.45, 7) is 7.46. The maximum absolute atomic E-state index is 13.0. The number of carbonyl (C=O) groups is 3. The monoisotopic (exact) mass is 546 g/mol. The number of hydrogen-bond donors (Lipinski definition) is 0. The number of esters is 3. The first-order valence-corrected chi connectivity index (χ1v) is 15.7. The van der Waals surface area contributed by atoms with Crippen LogP contribution in [0.2, 0.25) is 0 Å². The second-order valence-electron chi connectivity index (χ2n) is 10.5. The molecule has 1 aromatic carbocycles. The fourth-order valence-electron chi connectivity index (χ4n) is 4.40. The molecule has 6 nitrogen and oxygen atoms in total. The molecule has 0 spiro atoms. The molecule has 222 valence electrons.